The van der Waals surface area contributed by atoms with Crippen molar-refractivity contribution < 1.29 is 4.79 Å². The predicted octanol–water partition coefficient (Wildman–Crippen LogP) is 2.80. The molecule has 2 heterocycles. The van der Waals surface area contributed by atoms with Gasteiger partial charge in [0.1, 0.15) is 6.54 Å². The Morgan fingerprint density at radius 1 is 1.12 bits per heavy atom. The van der Waals surface area contributed by atoms with E-state index in [1.807, 2.05) is 26.0 Å². The van der Waals surface area contributed by atoms with Gasteiger partial charge in [0, 0.05) is 18.8 Å². The summed E-state index contributed by atoms with van der Waals surface area (Å²) < 4.78 is 1.75. The lowest BCUT2D eigenvalue weighted by molar-refractivity contribution is -0.122. The van der Waals surface area contributed by atoms with Crippen LogP contribution in [0.5, 0.6) is 0 Å². The van der Waals surface area contributed by atoms with Crippen LogP contribution in [0, 0.1) is 13.8 Å². The smallest absolute Gasteiger partial charge is 0.242 e. The molecule has 0 atom stereocenters. The number of aromatic nitrogens is 2. The number of hydrogen-bond acceptors (Lipinski definition) is 3. The van der Waals surface area contributed by atoms with Crippen LogP contribution in [0.2, 0.25) is 0 Å². The number of carbonyl (C=O) groups is 1. The molecule has 1 saturated heterocycles. The van der Waals surface area contributed by atoms with Gasteiger partial charge in [0.2, 0.25) is 5.91 Å². The minimum atomic E-state index is -0.000949. The van der Waals surface area contributed by atoms with Crippen LogP contribution in [0.3, 0.4) is 0 Å². The van der Waals surface area contributed by atoms with Crippen molar-refractivity contribution in [3.8, 4) is 0 Å². The van der Waals surface area contributed by atoms with E-state index >= 15 is 0 Å². The van der Waals surface area contributed by atoms with E-state index in [1.165, 1.54) is 43.5 Å². The molecule has 5 nitrogen and oxygen atoms in total. The fourth-order valence-electron chi connectivity index (χ4n) is 3.46. The Hall–Kier alpha value is -2.14. The molecule has 1 aliphatic rings. The van der Waals surface area contributed by atoms with Crippen LogP contribution in [0.1, 0.15) is 41.8 Å². The van der Waals surface area contributed by atoms with E-state index in [-0.39, 0.29) is 12.5 Å². The summed E-state index contributed by atoms with van der Waals surface area (Å²) >= 11 is 0. The third kappa shape index (κ3) is 4.92. The van der Waals surface area contributed by atoms with Crippen LogP contribution in [0.25, 0.3) is 0 Å². The second-order valence-corrected chi connectivity index (χ2v) is 6.97. The van der Waals surface area contributed by atoms with E-state index < -0.39 is 0 Å². The van der Waals surface area contributed by atoms with Crippen LogP contribution in [0.15, 0.2) is 30.3 Å². The molecule has 25 heavy (non-hydrogen) atoms. The Balaban J connectivity index is 1.57. The zero-order chi connectivity index (χ0) is 17.6. The van der Waals surface area contributed by atoms with Gasteiger partial charge in [-0.1, -0.05) is 30.7 Å². The first-order valence-corrected chi connectivity index (χ1v) is 9.19. The summed E-state index contributed by atoms with van der Waals surface area (Å²) in [5.74, 6) is -0.000949. The van der Waals surface area contributed by atoms with Gasteiger partial charge < -0.3 is 5.32 Å². The molecule has 2 aromatic rings. The van der Waals surface area contributed by atoms with E-state index in [1.54, 1.807) is 4.68 Å². The Morgan fingerprint density at radius 3 is 2.52 bits per heavy atom. The summed E-state index contributed by atoms with van der Waals surface area (Å²) in [4.78, 5) is 14.8. The van der Waals surface area contributed by atoms with E-state index in [0.717, 1.165) is 17.9 Å². The van der Waals surface area contributed by atoms with Gasteiger partial charge in [-0.05, 0) is 57.0 Å². The Kier molecular flexibility index (Phi) is 5.87. The van der Waals surface area contributed by atoms with Crippen molar-refractivity contribution in [3.63, 3.8) is 0 Å². The van der Waals surface area contributed by atoms with Crippen LogP contribution in [0.4, 0.5) is 0 Å². The molecule has 0 bridgehead atoms. The molecule has 1 aromatic heterocycles. The SMILES string of the molecule is Cc1cc(C)n(CC(=O)NCc2ccccc2CN2CCCCC2)n1. The molecule has 0 unspecified atom stereocenters. The number of benzene rings is 1. The summed E-state index contributed by atoms with van der Waals surface area (Å²) in [6.45, 7) is 8.09. The predicted molar refractivity (Wildman–Crippen MR) is 99.1 cm³/mol. The highest BCUT2D eigenvalue weighted by atomic mass is 16.2. The largest absolute Gasteiger partial charge is 0.350 e. The zero-order valence-electron chi connectivity index (χ0n) is 15.3. The number of carbonyl (C=O) groups excluding carboxylic acids is 1. The van der Waals surface area contributed by atoms with Crippen molar-refractivity contribution in [2.75, 3.05) is 13.1 Å². The monoisotopic (exact) mass is 340 g/mol. The maximum Gasteiger partial charge on any atom is 0.242 e. The van der Waals surface area contributed by atoms with Gasteiger partial charge in [0.05, 0.1) is 5.69 Å². The van der Waals surface area contributed by atoms with Gasteiger partial charge in [-0.2, -0.15) is 5.10 Å². The fourth-order valence-corrected chi connectivity index (χ4v) is 3.46. The summed E-state index contributed by atoms with van der Waals surface area (Å²) in [6, 6.07) is 10.4. The van der Waals surface area contributed by atoms with Gasteiger partial charge in [0.15, 0.2) is 0 Å². The molecule has 0 saturated carbocycles. The Labute approximate surface area is 150 Å². The lowest BCUT2D eigenvalue weighted by Crippen LogP contribution is -2.31. The molecule has 0 spiro atoms. The Bertz CT molecular complexity index is 716. The van der Waals surface area contributed by atoms with E-state index in [9.17, 15) is 4.79 Å². The van der Waals surface area contributed by atoms with Gasteiger partial charge in [-0.25, -0.2) is 0 Å². The summed E-state index contributed by atoms with van der Waals surface area (Å²) in [5.41, 5.74) is 4.47. The number of piperidine rings is 1. The second kappa shape index (κ2) is 8.30. The molecular weight excluding hydrogens is 312 g/mol. The van der Waals surface area contributed by atoms with Crippen LogP contribution < -0.4 is 5.32 Å². The van der Waals surface area contributed by atoms with E-state index in [4.69, 9.17) is 0 Å². The lowest BCUT2D eigenvalue weighted by atomic mass is 10.0. The minimum absolute atomic E-state index is 0.000949. The average molecular weight is 340 g/mol. The van der Waals surface area contributed by atoms with Crippen molar-refractivity contribution in [2.24, 2.45) is 0 Å². The summed E-state index contributed by atoms with van der Waals surface area (Å²) in [7, 11) is 0. The highest BCUT2D eigenvalue weighted by molar-refractivity contribution is 5.75. The molecule has 0 radical (unpaired) electrons. The molecule has 1 aliphatic heterocycles. The zero-order valence-corrected chi connectivity index (χ0v) is 15.3. The Morgan fingerprint density at radius 2 is 1.84 bits per heavy atom. The van der Waals surface area contributed by atoms with Gasteiger partial charge in [0.25, 0.3) is 0 Å². The third-order valence-electron chi connectivity index (χ3n) is 4.83. The van der Waals surface area contributed by atoms with E-state index in [0.29, 0.717) is 6.54 Å². The van der Waals surface area contributed by atoms with E-state index in [2.05, 4.69) is 33.5 Å². The average Bonchev–Trinajstić information content (AvgIpc) is 2.92. The first-order valence-electron chi connectivity index (χ1n) is 9.19. The van der Waals surface area contributed by atoms with Crippen molar-refractivity contribution in [1.82, 2.24) is 20.0 Å². The number of nitrogens with one attached hydrogen (secondary N) is 1. The molecular formula is C20H28N4O. The maximum atomic E-state index is 12.3. The topological polar surface area (TPSA) is 50.2 Å². The van der Waals surface area contributed by atoms with Crippen molar-refractivity contribution in [3.05, 3.63) is 52.8 Å². The first kappa shape index (κ1) is 17.7. The quantitative estimate of drug-likeness (QED) is 0.880. The number of aryl methyl sites for hydroxylation is 2. The molecule has 1 N–H and O–H groups in total. The standard InChI is InChI=1S/C20H28N4O/c1-16-12-17(2)24(22-16)15-20(25)21-13-18-8-4-5-9-19(18)14-23-10-6-3-7-11-23/h4-5,8-9,12H,3,6-7,10-11,13-15H2,1-2H3,(H,21,25). The molecule has 0 aliphatic carbocycles. The highest BCUT2D eigenvalue weighted by Gasteiger charge is 2.13. The number of amides is 1. The van der Waals surface area contributed by atoms with Crippen molar-refractivity contribution in [1.29, 1.82) is 0 Å². The maximum absolute atomic E-state index is 12.3. The van der Waals surface area contributed by atoms with Crippen LogP contribution in [-0.2, 0) is 24.4 Å². The third-order valence-corrected chi connectivity index (χ3v) is 4.83. The number of hydrogen-bond donors (Lipinski definition) is 1. The van der Waals surface area contributed by atoms with Gasteiger partial charge in [-0.3, -0.25) is 14.4 Å². The fraction of sp³-hybridized carbons (Fsp3) is 0.500. The number of nitrogens with zero attached hydrogens (tertiary/aromatic N) is 3. The second-order valence-electron chi connectivity index (χ2n) is 6.97. The molecule has 3 rings (SSSR count). The number of rotatable bonds is 6. The number of likely N-dealkylation sites (tertiary alicyclic amines) is 1. The van der Waals surface area contributed by atoms with Gasteiger partial charge >= 0.3 is 0 Å². The highest BCUT2D eigenvalue weighted by Crippen LogP contribution is 2.16. The molecule has 1 fully saturated rings. The van der Waals surface area contributed by atoms with Crippen molar-refractivity contribution >= 4 is 5.91 Å². The van der Waals surface area contributed by atoms with Crippen LogP contribution >= 0.6 is 0 Å². The lowest BCUT2D eigenvalue weighted by Gasteiger charge is -2.27. The summed E-state index contributed by atoms with van der Waals surface area (Å²) in [6.07, 6.45) is 3.93. The molecule has 1 amide bonds. The normalized spacial score (nSPS) is 15.3. The minimum Gasteiger partial charge on any atom is -0.350 e. The van der Waals surface area contributed by atoms with Crippen molar-refractivity contribution in [2.45, 2.75) is 52.7 Å². The summed E-state index contributed by atoms with van der Waals surface area (Å²) in [5, 5.41) is 7.39. The first-order chi connectivity index (χ1) is 12.1. The molecule has 1 aromatic carbocycles. The molecule has 134 valence electrons. The van der Waals surface area contributed by atoms with Crippen LogP contribution in [-0.4, -0.2) is 33.7 Å². The molecule has 5 heteroatoms. The van der Waals surface area contributed by atoms with Gasteiger partial charge in [-0.15, -0.1) is 0 Å².